The third-order valence-corrected chi connectivity index (χ3v) is 3.71. The van der Waals surface area contributed by atoms with Crippen molar-refractivity contribution in [3.8, 4) is 0 Å². The lowest BCUT2D eigenvalue weighted by Crippen LogP contribution is -2.20. The second-order valence-electron chi connectivity index (χ2n) is 5.15. The first-order chi connectivity index (χ1) is 9.40. The Bertz CT molecular complexity index is 463. The smallest absolute Gasteiger partial charge is 0.370 e. The van der Waals surface area contributed by atoms with Crippen LogP contribution >= 0.6 is 0 Å². The van der Waals surface area contributed by atoms with Gasteiger partial charge in [-0.1, -0.05) is 19.8 Å². The van der Waals surface area contributed by atoms with Gasteiger partial charge in [0.2, 0.25) is 5.82 Å². The molecule has 0 spiro atoms. The van der Waals surface area contributed by atoms with E-state index >= 15 is 0 Å². The number of halogens is 3. The Morgan fingerprint density at radius 3 is 2.55 bits per heavy atom. The van der Waals surface area contributed by atoms with Crippen molar-refractivity contribution in [2.75, 3.05) is 17.3 Å². The van der Waals surface area contributed by atoms with E-state index in [4.69, 9.17) is 5.84 Å². The number of anilines is 2. The van der Waals surface area contributed by atoms with Crippen molar-refractivity contribution in [1.82, 2.24) is 9.97 Å². The van der Waals surface area contributed by atoms with E-state index in [9.17, 15) is 13.2 Å². The van der Waals surface area contributed by atoms with Gasteiger partial charge in [-0.3, -0.25) is 0 Å². The molecule has 1 saturated carbocycles. The molecule has 8 heteroatoms. The number of alkyl halides is 3. The second kappa shape index (κ2) is 5.82. The summed E-state index contributed by atoms with van der Waals surface area (Å²) in [5, 5.41) is 2.96. The number of hydrazine groups is 1. The van der Waals surface area contributed by atoms with Crippen molar-refractivity contribution in [1.29, 1.82) is 0 Å². The van der Waals surface area contributed by atoms with Gasteiger partial charge in [0.1, 0.15) is 11.6 Å². The molecule has 5 nitrogen and oxygen atoms in total. The van der Waals surface area contributed by atoms with Crippen LogP contribution in [0.3, 0.4) is 0 Å². The number of hydrogen-bond donors (Lipinski definition) is 3. The zero-order valence-corrected chi connectivity index (χ0v) is 11.2. The van der Waals surface area contributed by atoms with E-state index in [-0.39, 0.29) is 11.6 Å². The number of nitrogens with zero attached hydrogens (tertiary/aromatic N) is 2. The summed E-state index contributed by atoms with van der Waals surface area (Å²) >= 11 is 0. The van der Waals surface area contributed by atoms with Gasteiger partial charge in [-0.2, -0.15) is 13.2 Å². The number of rotatable bonds is 4. The Kier molecular flexibility index (Phi) is 4.32. The highest BCUT2D eigenvalue weighted by molar-refractivity contribution is 5.47. The predicted octanol–water partition coefficient (Wildman–Crippen LogP) is 2.63. The van der Waals surface area contributed by atoms with Crippen LogP contribution in [-0.4, -0.2) is 16.5 Å². The van der Waals surface area contributed by atoms with Crippen LogP contribution in [0.15, 0.2) is 6.07 Å². The van der Waals surface area contributed by atoms with Crippen molar-refractivity contribution in [3.05, 3.63) is 11.9 Å². The minimum atomic E-state index is -4.59. The molecule has 1 aliphatic carbocycles. The van der Waals surface area contributed by atoms with Gasteiger partial charge in [0.25, 0.3) is 0 Å². The molecular formula is C12H18F3N5. The second-order valence-corrected chi connectivity index (χ2v) is 5.15. The molecule has 1 aromatic heterocycles. The van der Waals surface area contributed by atoms with Crippen LogP contribution in [0.2, 0.25) is 0 Å². The predicted molar refractivity (Wildman–Crippen MR) is 69.8 cm³/mol. The Morgan fingerprint density at radius 2 is 2.00 bits per heavy atom. The van der Waals surface area contributed by atoms with Crippen molar-refractivity contribution in [2.24, 2.45) is 17.7 Å². The molecule has 1 aliphatic rings. The molecule has 0 radical (unpaired) electrons. The third-order valence-electron chi connectivity index (χ3n) is 3.71. The molecule has 2 rings (SSSR count). The molecule has 20 heavy (non-hydrogen) atoms. The van der Waals surface area contributed by atoms with Gasteiger partial charge >= 0.3 is 6.18 Å². The van der Waals surface area contributed by atoms with Gasteiger partial charge in [0.05, 0.1) is 0 Å². The van der Waals surface area contributed by atoms with Crippen LogP contribution in [0.1, 0.15) is 32.0 Å². The molecule has 0 bridgehead atoms. The minimum Gasteiger partial charge on any atom is -0.370 e. The first-order valence-corrected chi connectivity index (χ1v) is 6.57. The highest BCUT2D eigenvalue weighted by Gasteiger charge is 2.35. The number of nitrogens with two attached hydrogens (primary N) is 1. The Hall–Kier alpha value is -1.57. The third kappa shape index (κ3) is 3.50. The van der Waals surface area contributed by atoms with Gasteiger partial charge in [-0.15, -0.1) is 0 Å². The standard InChI is InChI=1S/C12H18F3N5/c1-7-3-2-4-8(7)6-17-9-5-10(20-16)19-11(18-9)12(13,14)15/h5,7-8H,2-4,6,16H2,1H3,(H2,17,18,19,20). The molecule has 2 atom stereocenters. The molecule has 0 aliphatic heterocycles. The van der Waals surface area contributed by atoms with Gasteiger partial charge in [0.15, 0.2) is 0 Å². The molecule has 1 aromatic rings. The lowest BCUT2D eigenvalue weighted by atomic mass is 9.98. The van der Waals surface area contributed by atoms with Crippen molar-refractivity contribution < 1.29 is 13.2 Å². The quantitative estimate of drug-likeness (QED) is 0.587. The van der Waals surface area contributed by atoms with Crippen molar-refractivity contribution >= 4 is 11.6 Å². The van der Waals surface area contributed by atoms with E-state index in [2.05, 4.69) is 27.6 Å². The van der Waals surface area contributed by atoms with E-state index in [1.54, 1.807) is 0 Å². The van der Waals surface area contributed by atoms with Crippen LogP contribution in [0.5, 0.6) is 0 Å². The fourth-order valence-corrected chi connectivity index (χ4v) is 2.50. The van der Waals surface area contributed by atoms with E-state index < -0.39 is 12.0 Å². The Balaban J connectivity index is 2.10. The summed E-state index contributed by atoms with van der Waals surface area (Å²) in [5.41, 5.74) is 2.13. The molecule has 4 N–H and O–H groups in total. The van der Waals surface area contributed by atoms with Gasteiger partial charge < -0.3 is 10.7 Å². The number of aromatic nitrogens is 2. The highest BCUT2D eigenvalue weighted by atomic mass is 19.4. The number of nitrogen functional groups attached to an aromatic ring is 1. The number of hydrogen-bond acceptors (Lipinski definition) is 5. The largest absolute Gasteiger partial charge is 0.451 e. The van der Waals surface area contributed by atoms with Crippen LogP contribution in [-0.2, 0) is 6.18 Å². The fraction of sp³-hybridized carbons (Fsp3) is 0.667. The summed E-state index contributed by atoms with van der Waals surface area (Å²) in [6.45, 7) is 2.77. The average Bonchev–Trinajstić information content (AvgIpc) is 2.80. The van der Waals surface area contributed by atoms with Crippen molar-refractivity contribution in [2.45, 2.75) is 32.4 Å². The maximum atomic E-state index is 12.7. The van der Waals surface area contributed by atoms with Gasteiger partial charge in [-0.05, 0) is 18.3 Å². The SMILES string of the molecule is CC1CCCC1CNc1cc(NN)nc(C(F)(F)F)n1. The van der Waals surface area contributed by atoms with Crippen molar-refractivity contribution in [3.63, 3.8) is 0 Å². The van der Waals surface area contributed by atoms with Crippen LogP contribution in [0, 0.1) is 11.8 Å². The topological polar surface area (TPSA) is 75.9 Å². The molecule has 112 valence electrons. The zero-order valence-electron chi connectivity index (χ0n) is 11.2. The summed E-state index contributed by atoms with van der Waals surface area (Å²) in [4.78, 5) is 6.80. The number of nitrogens with one attached hydrogen (secondary N) is 2. The van der Waals surface area contributed by atoms with Crippen LogP contribution in [0.4, 0.5) is 24.8 Å². The summed E-state index contributed by atoms with van der Waals surface area (Å²) in [5.74, 6) is 5.06. The maximum Gasteiger partial charge on any atom is 0.451 e. The minimum absolute atomic E-state index is 0.0608. The van der Waals surface area contributed by atoms with Crippen LogP contribution < -0.4 is 16.6 Å². The Morgan fingerprint density at radius 1 is 1.30 bits per heavy atom. The van der Waals surface area contributed by atoms with E-state index in [1.807, 2.05) is 0 Å². The lowest BCUT2D eigenvalue weighted by molar-refractivity contribution is -0.144. The van der Waals surface area contributed by atoms with Gasteiger partial charge in [0, 0.05) is 12.6 Å². The monoisotopic (exact) mass is 289 g/mol. The zero-order chi connectivity index (χ0) is 14.8. The molecule has 0 amide bonds. The summed E-state index contributed by atoms with van der Waals surface area (Å²) < 4.78 is 38.0. The van der Waals surface area contributed by atoms with E-state index in [0.717, 1.165) is 6.42 Å². The highest BCUT2D eigenvalue weighted by Crippen LogP contribution is 2.32. The van der Waals surface area contributed by atoms with Crippen LogP contribution in [0.25, 0.3) is 0 Å². The maximum absolute atomic E-state index is 12.7. The molecule has 2 unspecified atom stereocenters. The fourth-order valence-electron chi connectivity index (χ4n) is 2.50. The first-order valence-electron chi connectivity index (χ1n) is 6.57. The van der Waals surface area contributed by atoms with E-state index in [0.29, 0.717) is 18.4 Å². The Labute approximate surface area is 115 Å². The first kappa shape index (κ1) is 14.8. The summed E-state index contributed by atoms with van der Waals surface area (Å²) in [7, 11) is 0. The molecule has 1 heterocycles. The van der Waals surface area contributed by atoms with Gasteiger partial charge in [-0.25, -0.2) is 15.8 Å². The lowest BCUT2D eigenvalue weighted by Gasteiger charge is -2.17. The van der Waals surface area contributed by atoms with E-state index in [1.165, 1.54) is 18.9 Å². The normalized spacial score (nSPS) is 22.9. The average molecular weight is 289 g/mol. The summed E-state index contributed by atoms with van der Waals surface area (Å²) in [6, 6.07) is 1.37. The molecule has 0 saturated heterocycles. The summed E-state index contributed by atoms with van der Waals surface area (Å²) in [6.07, 6.45) is -1.17. The molecule has 0 aromatic carbocycles. The molecular weight excluding hydrogens is 271 g/mol. The molecule has 1 fully saturated rings.